The Kier molecular flexibility index (Phi) is 6.22. The molecular formula is C20H28ClN3O2. The van der Waals surface area contributed by atoms with E-state index in [1.165, 1.54) is 17.5 Å². The Bertz CT molecular complexity index is 707. The van der Waals surface area contributed by atoms with E-state index >= 15 is 0 Å². The monoisotopic (exact) mass is 377 g/mol. The molecule has 0 bridgehead atoms. The molecule has 1 fully saturated rings. The van der Waals surface area contributed by atoms with Crippen LogP contribution in [-0.2, 0) is 24.1 Å². The maximum absolute atomic E-state index is 6.54. The van der Waals surface area contributed by atoms with Crippen LogP contribution in [-0.4, -0.2) is 53.1 Å². The smallest absolute Gasteiger partial charge is 0.122 e. The first-order valence-electron chi connectivity index (χ1n) is 9.30. The van der Waals surface area contributed by atoms with Gasteiger partial charge in [0.1, 0.15) is 5.75 Å². The number of morpholine rings is 1. The Hall–Kier alpha value is -1.56. The molecule has 0 unspecified atom stereocenters. The average molecular weight is 378 g/mol. The predicted octanol–water partition coefficient (Wildman–Crippen LogP) is 2.96. The topological polar surface area (TPSA) is 39.5 Å². The summed E-state index contributed by atoms with van der Waals surface area (Å²) >= 11 is 0. The van der Waals surface area contributed by atoms with Crippen molar-refractivity contribution in [3.8, 4) is 5.75 Å². The van der Waals surface area contributed by atoms with Gasteiger partial charge in [-0.25, -0.2) is 0 Å². The summed E-state index contributed by atoms with van der Waals surface area (Å²) in [5.41, 5.74) is 2.73. The molecule has 2 aliphatic rings. The van der Waals surface area contributed by atoms with Crippen LogP contribution in [0, 0.1) is 0 Å². The largest absolute Gasteiger partial charge is 0.496 e. The van der Waals surface area contributed by atoms with E-state index in [0.717, 1.165) is 38.2 Å². The number of rotatable bonds is 5. The number of hydrogen-bond donors (Lipinski definition) is 0. The van der Waals surface area contributed by atoms with Gasteiger partial charge in [-0.1, -0.05) is 19.1 Å². The molecule has 0 amide bonds. The van der Waals surface area contributed by atoms with Crippen LogP contribution in [0.4, 0.5) is 0 Å². The third kappa shape index (κ3) is 3.75. The first-order chi connectivity index (χ1) is 12.3. The Morgan fingerprint density at radius 3 is 2.88 bits per heavy atom. The molecule has 1 aromatic carbocycles. The van der Waals surface area contributed by atoms with E-state index in [4.69, 9.17) is 9.47 Å². The van der Waals surface area contributed by atoms with Gasteiger partial charge in [-0.05, 0) is 42.6 Å². The zero-order chi connectivity index (χ0) is 17.2. The van der Waals surface area contributed by atoms with Crippen LogP contribution in [0.15, 0.2) is 36.7 Å². The van der Waals surface area contributed by atoms with Crippen molar-refractivity contribution in [3.63, 3.8) is 0 Å². The molecule has 0 N–H and O–H groups in total. The first kappa shape index (κ1) is 19.2. The highest BCUT2D eigenvalue weighted by molar-refractivity contribution is 5.85. The van der Waals surface area contributed by atoms with Gasteiger partial charge in [-0.15, -0.1) is 12.4 Å². The van der Waals surface area contributed by atoms with Crippen molar-refractivity contribution in [1.82, 2.24) is 14.7 Å². The summed E-state index contributed by atoms with van der Waals surface area (Å²) in [5, 5.41) is 4.35. The van der Waals surface area contributed by atoms with Gasteiger partial charge in [-0.2, -0.15) is 5.10 Å². The third-order valence-electron chi connectivity index (χ3n) is 5.45. The molecule has 1 aliphatic heterocycles. The van der Waals surface area contributed by atoms with Gasteiger partial charge in [0.05, 0.1) is 25.9 Å². The van der Waals surface area contributed by atoms with Crippen LogP contribution in [0.3, 0.4) is 0 Å². The number of nitrogens with zero attached hydrogens (tertiary/aromatic N) is 3. The highest BCUT2D eigenvalue weighted by atomic mass is 35.5. The molecule has 26 heavy (non-hydrogen) atoms. The van der Waals surface area contributed by atoms with Gasteiger partial charge in [0.25, 0.3) is 0 Å². The second-order valence-corrected chi connectivity index (χ2v) is 7.09. The number of methoxy groups -OCH3 is 1. The normalized spacial score (nSPS) is 25.1. The summed E-state index contributed by atoms with van der Waals surface area (Å²) in [6.45, 7) is 5.18. The van der Waals surface area contributed by atoms with E-state index in [9.17, 15) is 0 Å². The summed E-state index contributed by atoms with van der Waals surface area (Å²) in [7, 11) is 1.76. The molecule has 1 saturated heterocycles. The van der Waals surface area contributed by atoms with Crippen molar-refractivity contribution in [1.29, 1.82) is 0 Å². The number of fused-ring (bicyclic) bond motifs is 2. The lowest BCUT2D eigenvalue weighted by atomic mass is 9.83. The van der Waals surface area contributed by atoms with Crippen LogP contribution in [0.2, 0.25) is 0 Å². The van der Waals surface area contributed by atoms with Crippen LogP contribution >= 0.6 is 12.4 Å². The number of aromatic nitrogens is 2. The lowest BCUT2D eigenvalue weighted by Gasteiger charge is -2.47. The number of ether oxygens (including phenoxy) is 2. The molecule has 5 nitrogen and oxygen atoms in total. The zero-order valence-electron chi connectivity index (χ0n) is 15.5. The number of hydrogen-bond acceptors (Lipinski definition) is 4. The molecular weight excluding hydrogens is 350 g/mol. The van der Waals surface area contributed by atoms with E-state index in [1.807, 2.05) is 23.1 Å². The van der Waals surface area contributed by atoms with Crippen molar-refractivity contribution in [3.05, 3.63) is 47.8 Å². The second kappa shape index (κ2) is 8.42. The molecule has 0 radical (unpaired) electrons. The van der Waals surface area contributed by atoms with E-state index in [2.05, 4.69) is 35.1 Å². The summed E-state index contributed by atoms with van der Waals surface area (Å²) in [4.78, 5) is 2.63. The van der Waals surface area contributed by atoms with E-state index < -0.39 is 0 Å². The standard InChI is InChI=1S/C20H27N3O2.ClH/c1-3-9-22-13-16(14-23-10-5-8-21-23)25-20-12-17-15(11-18(20)22)6-4-7-19(17)24-2;/h4-8,10,16,18,20H,3,9,11-14H2,1-2H3;1H/t16-,18+,20+;/m1./s1. The van der Waals surface area contributed by atoms with Gasteiger partial charge in [-0.3, -0.25) is 9.58 Å². The molecule has 6 heteroatoms. The van der Waals surface area contributed by atoms with Crippen LogP contribution in [0.1, 0.15) is 24.5 Å². The maximum Gasteiger partial charge on any atom is 0.122 e. The van der Waals surface area contributed by atoms with Crippen molar-refractivity contribution < 1.29 is 9.47 Å². The van der Waals surface area contributed by atoms with Gasteiger partial charge >= 0.3 is 0 Å². The fourth-order valence-electron chi connectivity index (χ4n) is 4.37. The highest BCUT2D eigenvalue weighted by Crippen LogP contribution is 2.35. The summed E-state index contributed by atoms with van der Waals surface area (Å²) < 4.78 is 14.1. The Morgan fingerprint density at radius 1 is 1.27 bits per heavy atom. The van der Waals surface area contributed by atoms with Crippen LogP contribution in [0.5, 0.6) is 5.75 Å². The molecule has 142 valence electrons. The number of benzene rings is 1. The molecule has 2 aromatic rings. The Balaban J connectivity index is 0.00000196. The lowest BCUT2D eigenvalue weighted by molar-refractivity contribution is -0.128. The summed E-state index contributed by atoms with van der Waals surface area (Å²) in [6.07, 6.45) is 7.40. The fraction of sp³-hybridized carbons (Fsp3) is 0.550. The Labute approximate surface area is 161 Å². The van der Waals surface area contributed by atoms with E-state index in [1.54, 1.807) is 7.11 Å². The van der Waals surface area contributed by atoms with E-state index in [-0.39, 0.29) is 24.6 Å². The maximum atomic E-state index is 6.54. The van der Waals surface area contributed by atoms with Gasteiger partial charge in [0.15, 0.2) is 0 Å². The molecule has 3 atom stereocenters. The quantitative estimate of drug-likeness (QED) is 0.803. The van der Waals surface area contributed by atoms with Crippen molar-refractivity contribution in [2.24, 2.45) is 0 Å². The van der Waals surface area contributed by atoms with Gasteiger partial charge in [0, 0.05) is 31.4 Å². The van der Waals surface area contributed by atoms with E-state index in [0.29, 0.717) is 6.04 Å². The Morgan fingerprint density at radius 2 is 2.15 bits per heavy atom. The van der Waals surface area contributed by atoms with Crippen molar-refractivity contribution in [2.75, 3.05) is 20.2 Å². The average Bonchev–Trinajstić information content (AvgIpc) is 3.13. The molecule has 1 aromatic heterocycles. The molecule has 1 aliphatic carbocycles. The minimum atomic E-state index is 0. The van der Waals surface area contributed by atoms with Crippen LogP contribution in [0.25, 0.3) is 0 Å². The van der Waals surface area contributed by atoms with Crippen molar-refractivity contribution in [2.45, 2.75) is 51.0 Å². The van der Waals surface area contributed by atoms with Crippen LogP contribution < -0.4 is 4.74 Å². The molecule has 0 spiro atoms. The summed E-state index contributed by atoms with van der Waals surface area (Å²) in [6, 6.07) is 8.85. The lowest BCUT2D eigenvalue weighted by Crippen LogP contribution is -2.58. The first-order valence-corrected chi connectivity index (χ1v) is 9.30. The minimum absolute atomic E-state index is 0. The van der Waals surface area contributed by atoms with Gasteiger partial charge in [0.2, 0.25) is 0 Å². The molecule has 2 heterocycles. The predicted molar refractivity (Wildman–Crippen MR) is 104 cm³/mol. The fourth-order valence-corrected chi connectivity index (χ4v) is 4.37. The van der Waals surface area contributed by atoms with Gasteiger partial charge < -0.3 is 9.47 Å². The zero-order valence-corrected chi connectivity index (χ0v) is 16.3. The molecule has 4 rings (SSSR count). The molecule has 0 saturated carbocycles. The number of halogens is 1. The SMILES string of the molecule is CCCN1C[C@H](Cn2cccn2)O[C@H]2Cc3c(cccc3OC)C[C@@H]21.Cl. The van der Waals surface area contributed by atoms with Crippen molar-refractivity contribution >= 4 is 12.4 Å². The summed E-state index contributed by atoms with van der Waals surface area (Å²) in [5.74, 6) is 0.996. The minimum Gasteiger partial charge on any atom is -0.496 e. The third-order valence-corrected chi connectivity index (χ3v) is 5.45. The second-order valence-electron chi connectivity index (χ2n) is 7.09. The highest BCUT2D eigenvalue weighted by Gasteiger charge is 2.40.